The van der Waals surface area contributed by atoms with Gasteiger partial charge in [-0.05, 0) is 97.5 Å². The summed E-state index contributed by atoms with van der Waals surface area (Å²) in [6.07, 6.45) is 1.95. The lowest BCUT2D eigenvalue weighted by Gasteiger charge is -2.09. The van der Waals surface area contributed by atoms with Gasteiger partial charge in [0.15, 0.2) is 0 Å². The van der Waals surface area contributed by atoms with Crippen molar-refractivity contribution in [3.63, 3.8) is 0 Å². The number of aliphatic imine (C=N–C) groups is 1. The zero-order valence-electron chi connectivity index (χ0n) is 13.8. The molecule has 0 N–H and O–H groups in total. The van der Waals surface area contributed by atoms with Crippen LogP contribution in [0.15, 0.2) is 58.0 Å². The van der Waals surface area contributed by atoms with Crippen LogP contribution in [0.5, 0.6) is 0 Å². The number of aryl methyl sites for hydroxylation is 2. The van der Waals surface area contributed by atoms with E-state index >= 15 is 0 Å². The number of rotatable bonds is 3. The van der Waals surface area contributed by atoms with Crippen molar-refractivity contribution in [3.8, 4) is 5.69 Å². The molecule has 0 aliphatic rings. The van der Waals surface area contributed by atoms with Gasteiger partial charge in [-0.3, -0.25) is 4.99 Å². The van der Waals surface area contributed by atoms with Gasteiger partial charge in [0.05, 0.1) is 5.69 Å². The minimum absolute atomic E-state index is 0.967. The first-order valence-electron chi connectivity index (χ1n) is 7.71. The Morgan fingerprint density at radius 2 is 1.71 bits per heavy atom. The number of hydrogen-bond donors (Lipinski definition) is 0. The maximum atomic E-state index is 4.64. The van der Waals surface area contributed by atoms with Crippen molar-refractivity contribution in [2.24, 2.45) is 4.99 Å². The van der Waals surface area contributed by atoms with Crippen LogP contribution in [0.1, 0.15) is 22.5 Å². The van der Waals surface area contributed by atoms with E-state index in [0.29, 0.717) is 0 Å². The van der Waals surface area contributed by atoms with Gasteiger partial charge < -0.3 is 4.57 Å². The predicted molar refractivity (Wildman–Crippen MR) is 114 cm³/mol. The molecule has 3 aromatic rings. The Morgan fingerprint density at radius 1 is 1.00 bits per heavy atom. The molecule has 0 aliphatic heterocycles. The summed E-state index contributed by atoms with van der Waals surface area (Å²) in [5.41, 5.74) is 6.90. The molecule has 0 aliphatic carbocycles. The Morgan fingerprint density at radius 3 is 2.38 bits per heavy atom. The van der Waals surface area contributed by atoms with Crippen LogP contribution >= 0.6 is 38.5 Å². The Hall–Kier alpha value is -1.40. The van der Waals surface area contributed by atoms with E-state index in [4.69, 9.17) is 0 Å². The van der Waals surface area contributed by atoms with Gasteiger partial charge in [0, 0.05) is 36.9 Å². The van der Waals surface area contributed by atoms with Crippen molar-refractivity contribution in [2.45, 2.75) is 20.8 Å². The molecule has 1 aromatic heterocycles. The molecule has 4 heteroatoms. The monoisotopic (exact) mass is 492 g/mol. The fraction of sp³-hybridized carbons (Fsp3) is 0.150. The van der Waals surface area contributed by atoms with Crippen LogP contribution < -0.4 is 0 Å². The van der Waals surface area contributed by atoms with E-state index < -0.39 is 0 Å². The third-order valence-corrected chi connectivity index (χ3v) is 5.66. The molecule has 1 heterocycles. The SMILES string of the molecule is Cc1cc(N=Cc2cc(C)n(-c3ccc(I)cc3)c2C)ccc1Br. The Kier molecular flexibility index (Phi) is 5.25. The standard InChI is InChI=1S/C20H18BrIN2/c1-13-10-18(6-9-20(13)21)23-12-16-11-14(2)24(15(16)3)19-7-4-17(22)5-8-19/h4-12H,1-3H3. The molecular weight excluding hydrogens is 475 g/mol. The van der Waals surface area contributed by atoms with Crippen molar-refractivity contribution in [3.05, 3.63) is 79.1 Å². The van der Waals surface area contributed by atoms with Crippen molar-refractivity contribution in [1.29, 1.82) is 0 Å². The largest absolute Gasteiger partial charge is 0.318 e. The van der Waals surface area contributed by atoms with Crippen molar-refractivity contribution in [2.75, 3.05) is 0 Å². The second-order valence-corrected chi connectivity index (χ2v) is 7.93. The minimum atomic E-state index is 0.967. The van der Waals surface area contributed by atoms with E-state index in [0.717, 1.165) is 15.7 Å². The number of aromatic nitrogens is 1. The van der Waals surface area contributed by atoms with E-state index in [1.807, 2.05) is 18.3 Å². The van der Waals surface area contributed by atoms with Crippen LogP contribution in [-0.4, -0.2) is 10.8 Å². The van der Waals surface area contributed by atoms with E-state index in [1.54, 1.807) is 0 Å². The molecule has 2 aromatic carbocycles. The maximum absolute atomic E-state index is 4.64. The number of halogens is 2. The highest BCUT2D eigenvalue weighted by molar-refractivity contribution is 14.1. The third kappa shape index (κ3) is 3.64. The Balaban J connectivity index is 1.95. The molecule has 0 saturated heterocycles. The molecule has 0 spiro atoms. The van der Waals surface area contributed by atoms with E-state index in [-0.39, 0.29) is 0 Å². The molecular formula is C20H18BrIN2. The quantitative estimate of drug-likeness (QED) is 0.292. The molecule has 24 heavy (non-hydrogen) atoms. The first-order valence-corrected chi connectivity index (χ1v) is 9.58. The molecule has 0 fully saturated rings. The Labute approximate surface area is 164 Å². The first-order chi connectivity index (χ1) is 11.5. The van der Waals surface area contributed by atoms with E-state index in [1.165, 1.54) is 26.2 Å². The van der Waals surface area contributed by atoms with Gasteiger partial charge in [0.25, 0.3) is 0 Å². The summed E-state index contributed by atoms with van der Waals surface area (Å²) in [5, 5.41) is 0. The number of hydrogen-bond acceptors (Lipinski definition) is 1. The zero-order valence-corrected chi connectivity index (χ0v) is 17.6. The average Bonchev–Trinajstić information content (AvgIpc) is 2.84. The molecule has 0 unspecified atom stereocenters. The second kappa shape index (κ2) is 7.23. The first kappa shape index (κ1) is 17.4. The highest BCUT2D eigenvalue weighted by atomic mass is 127. The summed E-state index contributed by atoms with van der Waals surface area (Å²) in [6.45, 7) is 6.34. The summed E-state index contributed by atoms with van der Waals surface area (Å²) in [6, 6.07) is 16.9. The molecule has 122 valence electrons. The smallest absolute Gasteiger partial charge is 0.0633 e. The summed E-state index contributed by atoms with van der Waals surface area (Å²) in [5.74, 6) is 0. The highest BCUT2D eigenvalue weighted by Crippen LogP contribution is 2.24. The molecule has 0 radical (unpaired) electrons. The predicted octanol–water partition coefficient (Wildman–Crippen LogP) is 6.52. The average molecular weight is 493 g/mol. The molecule has 0 amide bonds. The van der Waals surface area contributed by atoms with Gasteiger partial charge >= 0.3 is 0 Å². The van der Waals surface area contributed by atoms with Crippen LogP contribution in [0.25, 0.3) is 5.69 Å². The van der Waals surface area contributed by atoms with E-state index in [2.05, 4.69) is 105 Å². The number of nitrogens with zero attached hydrogens (tertiary/aromatic N) is 2. The second-order valence-electron chi connectivity index (χ2n) is 5.83. The molecule has 0 saturated carbocycles. The highest BCUT2D eigenvalue weighted by Gasteiger charge is 2.09. The van der Waals surface area contributed by atoms with Crippen molar-refractivity contribution < 1.29 is 0 Å². The van der Waals surface area contributed by atoms with E-state index in [9.17, 15) is 0 Å². The van der Waals surface area contributed by atoms with Gasteiger partial charge in [-0.2, -0.15) is 0 Å². The lowest BCUT2D eigenvalue weighted by molar-refractivity contribution is 0.964. The van der Waals surface area contributed by atoms with Gasteiger partial charge in [0.1, 0.15) is 0 Å². The summed E-state index contributed by atoms with van der Waals surface area (Å²) < 4.78 is 4.62. The van der Waals surface area contributed by atoms with Gasteiger partial charge in [-0.1, -0.05) is 15.9 Å². The lowest BCUT2D eigenvalue weighted by Crippen LogP contribution is -1.99. The summed E-state index contributed by atoms with van der Waals surface area (Å²) in [4.78, 5) is 4.64. The lowest BCUT2D eigenvalue weighted by atomic mass is 10.2. The molecule has 0 bridgehead atoms. The van der Waals surface area contributed by atoms with Crippen molar-refractivity contribution >= 4 is 50.4 Å². The molecule has 2 nitrogen and oxygen atoms in total. The normalized spacial score (nSPS) is 11.4. The topological polar surface area (TPSA) is 17.3 Å². The fourth-order valence-electron chi connectivity index (χ4n) is 2.76. The van der Waals surface area contributed by atoms with Gasteiger partial charge in [0.2, 0.25) is 0 Å². The maximum Gasteiger partial charge on any atom is 0.0633 e. The summed E-state index contributed by atoms with van der Waals surface area (Å²) >= 11 is 5.85. The fourth-order valence-corrected chi connectivity index (χ4v) is 3.37. The Bertz CT molecular complexity index is 908. The van der Waals surface area contributed by atoms with Gasteiger partial charge in [-0.15, -0.1) is 0 Å². The van der Waals surface area contributed by atoms with Crippen LogP contribution in [-0.2, 0) is 0 Å². The van der Waals surface area contributed by atoms with Gasteiger partial charge in [-0.25, -0.2) is 0 Å². The van der Waals surface area contributed by atoms with Crippen LogP contribution in [0.2, 0.25) is 0 Å². The zero-order chi connectivity index (χ0) is 17.3. The molecule has 3 rings (SSSR count). The minimum Gasteiger partial charge on any atom is -0.318 e. The third-order valence-electron chi connectivity index (χ3n) is 4.05. The molecule has 0 atom stereocenters. The van der Waals surface area contributed by atoms with Crippen LogP contribution in [0.3, 0.4) is 0 Å². The van der Waals surface area contributed by atoms with Crippen LogP contribution in [0.4, 0.5) is 5.69 Å². The summed E-state index contributed by atoms with van der Waals surface area (Å²) in [7, 11) is 0. The van der Waals surface area contributed by atoms with Crippen molar-refractivity contribution in [1.82, 2.24) is 4.57 Å². The van der Waals surface area contributed by atoms with Crippen LogP contribution in [0, 0.1) is 24.3 Å². The number of benzene rings is 2.